The smallest absolute Gasteiger partial charge is 0.279 e. The predicted octanol–water partition coefficient (Wildman–Crippen LogP) is 2.28. The first-order chi connectivity index (χ1) is 9.42. The Labute approximate surface area is 123 Å². The van der Waals surface area contributed by atoms with Gasteiger partial charge < -0.3 is 5.11 Å². The van der Waals surface area contributed by atoms with E-state index >= 15 is 0 Å². The molecule has 1 aromatic carbocycles. The Hall–Kier alpha value is -1.51. The monoisotopic (exact) mass is 360 g/mol. The van der Waals surface area contributed by atoms with Gasteiger partial charge in [-0.1, -0.05) is 6.07 Å². The van der Waals surface area contributed by atoms with E-state index in [1.165, 1.54) is 30.5 Å². The van der Waals surface area contributed by atoms with Crippen LogP contribution in [-0.4, -0.2) is 18.5 Å². The van der Waals surface area contributed by atoms with Gasteiger partial charge in [-0.15, -0.1) is 0 Å². The molecule has 0 aliphatic rings. The molecule has 0 aliphatic heterocycles. The van der Waals surface area contributed by atoms with E-state index in [9.17, 15) is 12.8 Å². The van der Waals surface area contributed by atoms with Crippen LogP contribution in [0.25, 0.3) is 0 Å². The van der Waals surface area contributed by atoms with Crippen molar-refractivity contribution in [2.75, 3.05) is 4.72 Å². The summed E-state index contributed by atoms with van der Waals surface area (Å²) < 4.78 is 39.9. The van der Waals surface area contributed by atoms with Crippen LogP contribution in [0.15, 0.2) is 46.0 Å². The van der Waals surface area contributed by atoms with Crippen LogP contribution in [0.5, 0.6) is 0 Å². The van der Waals surface area contributed by atoms with Gasteiger partial charge in [-0.2, -0.15) is 8.42 Å². The number of nitrogens with one attached hydrogen (secondary N) is 1. The molecule has 2 N–H and O–H groups in total. The lowest BCUT2D eigenvalue weighted by molar-refractivity contribution is 0.281. The second-order valence-electron chi connectivity index (χ2n) is 3.89. The van der Waals surface area contributed by atoms with Crippen molar-refractivity contribution >= 4 is 31.6 Å². The number of benzene rings is 1. The van der Waals surface area contributed by atoms with Crippen molar-refractivity contribution in [2.45, 2.75) is 11.6 Å². The molecule has 0 unspecified atom stereocenters. The molecule has 0 amide bonds. The number of hydrogen-bond donors (Lipinski definition) is 2. The van der Waals surface area contributed by atoms with Gasteiger partial charge in [0.25, 0.3) is 10.0 Å². The van der Waals surface area contributed by atoms with E-state index in [4.69, 9.17) is 5.11 Å². The number of nitrogens with zero attached hydrogens (tertiary/aromatic N) is 1. The zero-order valence-corrected chi connectivity index (χ0v) is 12.4. The molecule has 2 aromatic rings. The Balaban J connectivity index is 2.32. The molecule has 2 rings (SSSR count). The van der Waals surface area contributed by atoms with Gasteiger partial charge in [0.15, 0.2) is 5.03 Å². The van der Waals surface area contributed by atoms with Crippen molar-refractivity contribution in [1.82, 2.24) is 4.98 Å². The van der Waals surface area contributed by atoms with Crippen molar-refractivity contribution in [1.29, 1.82) is 0 Å². The summed E-state index contributed by atoms with van der Waals surface area (Å²) in [5.41, 5.74) is 0.578. The molecule has 0 atom stereocenters. The standard InChI is InChI=1S/C12H10BrFN2O3S/c13-10-3-2-9(14)5-11(10)16-20(18,19)12-4-1-8(7-17)6-15-12/h1-6,16-17H,7H2. The summed E-state index contributed by atoms with van der Waals surface area (Å²) in [5.74, 6) is -0.561. The van der Waals surface area contributed by atoms with Crippen LogP contribution in [0, 0.1) is 5.82 Å². The number of rotatable bonds is 4. The van der Waals surface area contributed by atoms with Gasteiger partial charge in [-0.3, -0.25) is 4.72 Å². The van der Waals surface area contributed by atoms with Crippen LogP contribution >= 0.6 is 15.9 Å². The summed E-state index contributed by atoms with van der Waals surface area (Å²) in [6.07, 6.45) is 1.26. The molecular weight excluding hydrogens is 351 g/mol. The van der Waals surface area contributed by atoms with Crippen molar-refractivity contribution in [3.63, 3.8) is 0 Å². The molecule has 0 saturated carbocycles. The minimum absolute atomic E-state index is 0.0815. The minimum Gasteiger partial charge on any atom is -0.392 e. The topological polar surface area (TPSA) is 79.3 Å². The maximum absolute atomic E-state index is 13.1. The Morgan fingerprint density at radius 3 is 2.65 bits per heavy atom. The third-order valence-electron chi connectivity index (χ3n) is 2.43. The van der Waals surface area contributed by atoms with E-state index < -0.39 is 15.8 Å². The van der Waals surface area contributed by atoms with Gasteiger partial charge in [-0.05, 0) is 45.8 Å². The fourth-order valence-corrected chi connectivity index (χ4v) is 2.91. The van der Waals surface area contributed by atoms with Gasteiger partial charge >= 0.3 is 0 Å². The molecule has 0 saturated heterocycles. The Morgan fingerprint density at radius 1 is 1.30 bits per heavy atom. The summed E-state index contributed by atoms with van der Waals surface area (Å²) in [7, 11) is -3.92. The first kappa shape index (κ1) is 14.9. The zero-order valence-electron chi connectivity index (χ0n) is 10.0. The lowest BCUT2D eigenvalue weighted by Gasteiger charge is -2.09. The first-order valence-electron chi connectivity index (χ1n) is 5.46. The van der Waals surface area contributed by atoms with Crippen molar-refractivity contribution < 1.29 is 17.9 Å². The zero-order chi connectivity index (χ0) is 14.8. The highest BCUT2D eigenvalue weighted by Gasteiger charge is 2.17. The second kappa shape index (κ2) is 5.86. The lowest BCUT2D eigenvalue weighted by Crippen LogP contribution is -2.15. The van der Waals surface area contributed by atoms with Gasteiger partial charge in [0.2, 0.25) is 0 Å². The fraction of sp³-hybridized carbons (Fsp3) is 0.0833. The highest BCUT2D eigenvalue weighted by molar-refractivity contribution is 9.10. The molecule has 1 aromatic heterocycles. The maximum Gasteiger partial charge on any atom is 0.279 e. The molecular formula is C12H10BrFN2O3S. The molecule has 1 heterocycles. The van der Waals surface area contributed by atoms with E-state index in [1.54, 1.807) is 0 Å². The summed E-state index contributed by atoms with van der Waals surface area (Å²) in [6, 6.07) is 6.37. The first-order valence-corrected chi connectivity index (χ1v) is 7.73. The van der Waals surface area contributed by atoms with Crippen LogP contribution in [0.2, 0.25) is 0 Å². The van der Waals surface area contributed by atoms with E-state index in [1.807, 2.05) is 0 Å². The van der Waals surface area contributed by atoms with E-state index in [2.05, 4.69) is 25.6 Å². The molecule has 0 bridgehead atoms. The summed E-state index contributed by atoms with van der Waals surface area (Å²) >= 11 is 3.13. The van der Waals surface area contributed by atoms with Gasteiger partial charge in [0, 0.05) is 10.7 Å². The van der Waals surface area contributed by atoms with Crippen LogP contribution in [0.1, 0.15) is 5.56 Å². The van der Waals surface area contributed by atoms with E-state index in [0.717, 1.165) is 6.07 Å². The third kappa shape index (κ3) is 3.33. The normalized spacial score (nSPS) is 11.3. The molecule has 8 heteroatoms. The number of hydrogen-bond acceptors (Lipinski definition) is 4. The Kier molecular flexibility index (Phi) is 4.36. The van der Waals surface area contributed by atoms with Crippen molar-refractivity contribution in [3.05, 3.63) is 52.4 Å². The average molecular weight is 361 g/mol. The van der Waals surface area contributed by atoms with Crippen LogP contribution in [0.4, 0.5) is 10.1 Å². The fourth-order valence-electron chi connectivity index (χ4n) is 1.44. The Morgan fingerprint density at radius 2 is 2.05 bits per heavy atom. The van der Waals surface area contributed by atoms with Gasteiger partial charge in [0.05, 0.1) is 12.3 Å². The highest BCUT2D eigenvalue weighted by Crippen LogP contribution is 2.25. The summed E-state index contributed by atoms with van der Waals surface area (Å²) in [4.78, 5) is 3.75. The lowest BCUT2D eigenvalue weighted by atomic mass is 10.3. The largest absolute Gasteiger partial charge is 0.392 e. The van der Waals surface area contributed by atoms with Crippen molar-refractivity contribution in [3.8, 4) is 0 Å². The third-order valence-corrected chi connectivity index (χ3v) is 4.40. The molecule has 0 fully saturated rings. The molecule has 0 radical (unpaired) electrons. The summed E-state index contributed by atoms with van der Waals surface area (Å²) in [6.45, 7) is -0.226. The Bertz CT molecular complexity index is 720. The molecule has 0 spiro atoms. The number of aliphatic hydroxyl groups excluding tert-OH is 1. The molecule has 5 nitrogen and oxygen atoms in total. The SMILES string of the molecule is O=S(=O)(Nc1cc(F)ccc1Br)c1ccc(CO)cn1. The number of anilines is 1. The molecule has 106 valence electrons. The molecule has 20 heavy (non-hydrogen) atoms. The molecule has 0 aliphatic carbocycles. The van der Waals surface area contributed by atoms with Gasteiger partial charge in [0.1, 0.15) is 5.82 Å². The van der Waals surface area contributed by atoms with Crippen LogP contribution in [0.3, 0.4) is 0 Å². The highest BCUT2D eigenvalue weighted by atomic mass is 79.9. The minimum atomic E-state index is -3.92. The average Bonchev–Trinajstić information content (AvgIpc) is 2.43. The van der Waals surface area contributed by atoms with Crippen LogP contribution in [-0.2, 0) is 16.6 Å². The van der Waals surface area contributed by atoms with E-state index in [-0.39, 0.29) is 17.3 Å². The quantitative estimate of drug-likeness (QED) is 0.876. The second-order valence-corrected chi connectivity index (χ2v) is 6.38. The number of pyridine rings is 1. The summed E-state index contributed by atoms with van der Waals surface area (Å²) in [5, 5.41) is 8.66. The maximum atomic E-state index is 13.1. The number of aromatic nitrogens is 1. The number of halogens is 2. The number of aliphatic hydroxyl groups is 1. The van der Waals surface area contributed by atoms with Crippen LogP contribution < -0.4 is 4.72 Å². The van der Waals surface area contributed by atoms with E-state index in [0.29, 0.717) is 10.0 Å². The van der Waals surface area contributed by atoms with Crippen molar-refractivity contribution in [2.24, 2.45) is 0 Å². The number of sulfonamides is 1. The van der Waals surface area contributed by atoms with Gasteiger partial charge in [-0.25, -0.2) is 9.37 Å². The predicted molar refractivity (Wildman–Crippen MR) is 75.1 cm³/mol.